The number of rotatable bonds is 14. The first-order valence-corrected chi connectivity index (χ1v) is 14.2. The van der Waals surface area contributed by atoms with Gasteiger partial charge in [0.15, 0.2) is 6.23 Å². The van der Waals surface area contributed by atoms with Crippen molar-refractivity contribution >= 4 is 24.2 Å². The van der Waals surface area contributed by atoms with E-state index < -0.39 is 6.23 Å². The van der Waals surface area contributed by atoms with Gasteiger partial charge in [-0.1, -0.05) is 68.7 Å². The molecule has 9 nitrogen and oxygen atoms in total. The maximum Gasteiger partial charge on any atom is 0.317 e. The molecule has 222 valence electrons. The summed E-state index contributed by atoms with van der Waals surface area (Å²) in [5.41, 5.74) is 9.70. The number of hydrogen-bond donors (Lipinski definition) is 5. The van der Waals surface area contributed by atoms with Crippen molar-refractivity contribution in [2.75, 3.05) is 5.73 Å². The second-order valence-corrected chi connectivity index (χ2v) is 10.4. The fourth-order valence-electron chi connectivity index (χ4n) is 4.11. The molecule has 0 radical (unpaired) electrons. The molecule has 2 aromatic carbocycles. The highest BCUT2D eigenvalue weighted by Gasteiger charge is 2.15. The van der Waals surface area contributed by atoms with E-state index in [2.05, 4.69) is 66.3 Å². The molecule has 0 heterocycles. The third kappa shape index (κ3) is 15.6. The van der Waals surface area contributed by atoms with Gasteiger partial charge in [0.05, 0.1) is 0 Å². The van der Waals surface area contributed by atoms with Gasteiger partial charge in [0, 0.05) is 30.2 Å². The first-order valence-electron chi connectivity index (χ1n) is 14.2. The minimum atomic E-state index is -0.708. The zero-order valence-corrected chi connectivity index (χ0v) is 25.0. The monoisotopic (exact) mass is 555 g/mol. The number of ether oxygens (including phenoxy) is 1. The van der Waals surface area contributed by atoms with Crippen molar-refractivity contribution in [1.29, 1.82) is 0 Å². The van der Waals surface area contributed by atoms with Gasteiger partial charge < -0.3 is 31.7 Å². The van der Waals surface area contributed by atoms with Crippen molar-refractivity contribution in [1.82, 2.24) is 21.3 Å². The molecule has 9 heteroatoms. The Bertz CT molecular complexity index is 998. The van der Waals surface area contributed by atoms with Crippen LogP contribution in [0.1, 0.15) is 77.0 Å². The Morgan fingerprint density at radius 3 is 1.70 bits per heavy atom. The fourth-order valence-corrected chi connectivity index (χ4v) is 4.11. The van der Waals surface area contributed by atoms with E-state index in [9.17, 15) is 14.4 Å². The standard InChI is InChI=1S/C16H26N2O.C15H23N3O3/c1-5-6-13(3)17-16(19)18-14(4)11-15-9-7-12(2)8-10-15;1-3-4-11(2)17-15(20)18-14(21-10-19)9-12-5-7-13(16)8-6-12/h7-10,13-14H,5-6,11H2,1-4H3,(H2,17,18,19);5-8,10-11,14H,3-4,9,16H2,1-2H3,(H2,17,18,20)/t13-,14-;11-,14-/m11/s1. The number of nitrogens with one attached hydrogen (secondary N) is 4. The maximum absolute atomic E-state index is 11.8. The van der Waals surface area contributed by atoms with E-state index in [1.54, 1.807) is 12.1 Å². The number of benzene rings is 2. The molecule has 0 bridgehead atoms. The SMILES string of the molecule is CCC[C@@H](C)NC(=O)N[C@@H](Cc1ccc(N)cc1)OC=O.CCC[C@@H](C)NC(=O)N[C@H](C)Cc1ccc(C)cc1. The van der Waals surface area contributed by atoms with Crippen LogP contribution in [0.2, 0.25) is 0 Å². The molecule has 4 atom stereocenters. The van der Waals surface area contributed by atoms with E-state index in [0.717, 1.165) is 37.7 Å². The Balaban J connectivity index is 0.000000402. The summed E-state index contributed by atoms with van der Waals surface area (Å²) in [7, 11) is 0. The van der Waals surface area contributed by atoms with Crippen molar-refractivity contribution in [3.05, 3.63) is 65.2 Å². The summed E-state index contributed by atoms with van der Waals surface area (Å²) >= 11 is 0. The lowest BCUT2D eigenvalue weighted by Crippen LogP contribution is -2.47. The van der Waals surface area contributed by atoms with Crippen LogP contribution < -0.4 is 27.0 Å². The zero-order valence-electron chi connectivity index (χ0n) is 25.0. The average molecular weight is 556 g/mol. The third-order valence-corrected chi connectivity index (χ3v) is 6.15. The van der Waals surface area contributed by atoms with E-state index >= 15 is 0 Å². The van der Waals surface area contributed by atoms with E-state index in [1.165, 1.54) is 11.1 Å². The number of hydrogen-bond acceptors (Lipinski definition) is 5. The third-order valence-electron chi connectivity index (χ3n) is 6.15. The number of carbonyl (C=O) groups excluding carboxylic acids is 3. The largest absolute Gasteiger partial charge is 0.443 e. The Labute approximate surface area is 240 Å². The lowest BCUT2D eigenvalue weighted by molar-refractivity contribution is -0.134. The second kappa shape index (κ2) is 19.3. The number of urea groups is 2. The van der Waals surface area contributed by atoms with Crippen LogP contribution in [0.25, 0.3) is 0 Å². The highest BCUT2D eigenvalue weighted by molar-refractivity contribution is 5.75. The molecule has 0 aliphatic carbocycles. The molecule has 0 saturated carbocycles. The molecule has 4 amide bonds. The molecular formula is C31H49N5O4. The predicted molar refractivity (Wildman–Crippen MR) is 162 cm³/mol. The summed E-state index contributed by atoms with van der Waals surface area (Å²) in [5, 5.41) is 11.4. The van der Waals surface area contributed by atoms with Gasteiger partial charge in [0.25, 0.3) is 6.47 Å². The van der Waals surface area contributed by atoms with Gasteiger partial charge in [-0.15, -0.1) is 0 Å². The van der Waals surface area contributed by atoms with Crippen LogP contribution in [0.3, 0.4) is 0 Å². The summed E-state index contributed by atoms with van der Waals surface area (Å²) in [6, 6.07) is 15.6. The second-order valence-electron chi connectivity index (χ2n) is 10.4. The summed E-state index contributed by atoms with van der Waals surface area (Å²) < 4.78 is 4.90. The maximum atomic E-state index is 11.8. The average Bonchev–Trinajstić information content (AvgIpc) is 2.87. The smallest absolute Gasteiger partial charge is 0.317 e. The lowest BCUT2D eigenvalue weighted by atomic mass is 10.1. The van der Waals surface area contributed by atoms with Crippen LogP contribution >= 0.6 is 0 Å². The van der Waals surface area contributed by atoms with E-state index in [0.29, 0.717) is 18.6 Å². The van der Waals surface area contributed by atoms with Crippen molar-refractivity contribution in [2.45, 2.75) is 104 Å². The summed E-state index contributed by atoms with van der Waals surface area (Å²) in [4.78, 5) is 34.1. The molecular weight excluding hydrogens is 506 g/mol. The molecule has 40 heavy (non-hydrogen) atoms. The van der Waals surface area contributed by atoms with Gasteiger partial charge in [-0.05, 0) is 70.2 Å². The van der Waals surface area contributed by atoms with Crippen LogP contribution in [0, 0.1) is 6.92 Å². The molecule has 0 aliphatic heterocycles. The van der Waals surface area contributed by atoms with E-state index in [-0.39, 0.29) is 30.2 Å². The Morgan fingerprint density at radius 2 is 1.20 bits per heavy atom. The molecule has 0 aliphatic rings. The van der Waals surface area contributed by atoms with Crippen LogP contribution in [0.15, 0.2) is 48.5 Å². The number of amides is 4. The number of aryl methyl sites for hydroxylation is 1. The van der Waals surface area contributed by atoms with E-state index in [1.807, 2.05) is 32.9 Å². The molecule has 2 aromatic rings. The van der Waals surface area contributed by atoms with Crippen LogP contribution in [0.5, 0.6) is 0 Å². The zero-order chi connectivity index (χ0) is 29.9. The van der Waals surface area contributed by atoms with Crippen molar-refractivity contribution in [3.8, 4) is 0 Å². The number of nitrogen functional groups attached to an aromatic ring is 1. The predicted octanol–water partition coefficient (Wildman–Crippen LogP) is 5.21. The number of anilines is 1. The van der Waals surface area contributed by atoms with Crippen LogP contribution in [-0.4, -0.2) is 42.9 Å². The van der Waals surface area contributed by atoms with Crippen molar-refractivity contribution < 1.29 is 19.1 Å². The lowest BCUT2D eigenvalue weighted by Gasteiger charge is -2.19. The normalized spacial score (nSPS) is 13.3. The Kier molecular flexibility index (Phi) is 16.6. The molecule has 0 unspecified atom stereocenters. The number of carbonyl (C=O) groups is 3. The van der Waals surface area contributed by atoms with E-state index in [4.69, 9.17) is 10.5 Å². The quantitative estimate of drug-likeness (QED) is 0.124. The first kappa shape index (κ1) is 34.3. The highest BCUT2D eigenvalue weighted by atomic mass is 16.5. The highest BCUT2D eigenvalue weighted by Crippen LogP contribution is 2.09. The fraction of sp³-hybridized carbons (Fsp3) is 0.516. The molecule has 0 saturated heterocycles. The molecule has 0 spiro atoms. The summed E-state index contributed by atoms with van der Waals surface area (Å²) in [6.45, 7) is 12.6. The van der Waals surface area contributed by atoms with Gasteiger partial charge in [-0.3, -0.25) is 4.79 Å². The minimum Gasteiger partial charge on any atom is -0.443 e. The van der Waals surface area contributed by atoms with Crippen LogP contribution in [-0.2, 0) is 22.4 Å². The van der Waals surface area contributed by atoms with Crippen LogP contribution in [0.4, 0.5) is 15.3 Å². The molecule has 0 aromatic heterocycles. The van der Waals surface area contributed by atoms with Gasteiger partial charge in [-0.2, -0.15) is 0 Å². The summed E-state index contributed by atoms with van der Waals surface area (Å²) in [5.74, 6) is 0. The van der Waals surface area contributed by atoms with Gasteiger partial charge >= 0.3 is 12.1 Å². The molecule has 6 N–H and O–H groups in total. The van der Waals surface area contributed by atoms with Crippen molar-refractivity contribution in [3.63, 3.8) is 0 Å². The Morgan fingerprint density at radius 1 is 0.750 bits per heavy atom. The van der Waals surface area contributed by atoms with Gasteiger partial charge in [-0.25, -0.2) is 9.59 Å². The molecule has 2 rings (SSSR count). The Hall–Kier alpha value is -3.75. The minimum absolute atomic E-state index is 0.0689. The summed E-state index contributed by atoms with van der Waals surface area (Å²) in [6.07, 6.45) is 4.51. The van der Waals surface area contributed by atoms with Crippen molar-refractivity contribution in [2.24, 2.45) is 0 Å². The van der Waals surface area contributed by atoms with Gasteiger partial charge in [0.1, 0.15) is 0 Å². The van der Waals surface area contributed by atoms with Gasteiger partial charge in [0.2, 0.25) is 0 Å². The molecule has 0 fully saturated rings. The topological polar surface area (TPSA) is 135 Å². The number of nitrogens with two attached hydrogens (primary N) is 1. The first-order chi connectivity index (χ1) is 19.1.